The molecule has 1 aliphatic rings. The lowest BCUT2D eigenvalue weighted by Gasteiger charge is -2.40. The van der Waals surface area contributed by atoms with E-state index < -0.39 is 5.79 Å². The molecule has 110 valence electrons. The van der Waals surface area contributed by atoms with Crippen LogP contribution in [0, 0.1) is 0 Å². The summed E-state index contributed by atoms with van der Waals surface area (Å²) >= 11 is 3.45. The van der Waals surface area contributed by atoms with E-state index in [1.165, 1.54) is 0 Å². The molecule has 2 atom stereocenters. The molecule has 0 fully saturated rings. The summed E-state index contributed by atoms with van der Waals surface area (Å²) in [5.41, 5.74) is 2.04. The molecule has 3 rings (SSSR count). The zero-order valence-electron chi connectivity index (χ0n) is 12.0. The molecular formula is C17H17BrO3. The Hall–Kier alpha value is -1.36. The Labute approximate surface area is 133 Å². The number of ether oxygens (including phenoxy) is 3. The summed E-state index contributed by atoms with van der Waals surface area (Å²) in [5.74, 6) is -0.0178. The van der Waals surface area contributed by atoms with Gasteiger partial charge in [-0.1, -0.05) is 46.3 Å². The van der Waals surface area contributed by atoms with Gasteiger partial charge < -0.3 is 14.2 Å². The monoisotopic (exact) mass is 348 g/mol. The van der Waals surface area contributed by atoms with E-state index in [1.807, 2.05) is 48.5 Å². The highest BCUT2D eigenvalue weighted by molar-refractivity contribution is 9.10. The standard InChI is InChI=1S/C17H17BrO3/c1-19-16-11-17(20-2,12-7-9-13(18)10-8-12)21-15-6-4-3-5-14(15)16/h3-10,16H,11H2,1-2H3. The zero-order valence-corrected chi connectivity index (χ0v) is 13.6. The number of hydrogen-bond acceptors (Lipinski definition) is 3. The fourth-order valence-electron chi connectivity index (χ4n) is 2.75. The number of benzene rings is 2. The molecule has 4 heteroatoms. The molecule has 0 spiro atoms. The maximum Gasteiger partial charge on any atom is 0.239 e. The Morgan fingerprint density at radius 3 is 2.48 bits per heavy atom. The first-order valence-corrected chi connectivity index (χ1v) is 7.60. The lowest BCUT2D eigenvalue weighted by atomic mass is 9.91. The molecular weight excluding hydrogens is 332 g/mol. The average molecular weight is 349 g/mol. The van der Waals surface area contributed by atoms with Gasteiger partial charge in [0.1, 0.15) is 5.75 Å². The average Bonchev–Trinajstić information content (AvgIpc) is 2.54. The molecule has 0 saturated heterocycles. The highest BCUT2D eigenvalue weighted by Crippen LogP contribution is 2.46. The molecule has 21 heavy (non-hydrogen) atoms. The topological polar surface area (TPSA) is 27.7 Å². The van der Waals surface area contributed by atoms with Crippen molar-refractivity contribution in [1.29, 1.82) is 0 Å². The molecule has 1 heterocycles. The number of rotatable bonds is 3. The van der Waals surface area contributed by atoms with Crippen LogP contribution in [0.2, 0.25) is 0 Å². The van der Waals surface area contributed by atoms with Crippen molar-refractivity contribution in [2.75, 3.05) is 14.2 Å². The quantitative estimate of drug-likeness (QED) is 0.821. The van der Waals surface area contributed by atoms with E-state index in [4.69, 9.17) is 14.2 Å². The summed E-state index contributed by atoms with van der Waals surface area (Å²) in [6, 6.07) is 15.9. The first kappa shape index (κ1) is 14.6. The van der Waals surface area contributed by atoms with Gasteiger partial charge in [0.15, 0.2) is 0 Å². The summed E-state index contributed by atoms with van der Waals surface area (Å²) in [5, 5.41) is 0. The van der Waals surface area contributed by atoms with E-state index in [9.17, 15) is 0 Å². The third-order valence-corrected chi connectivity index (χ3v) is 4.42. The molecule has 3 nitrogen and oxygen atoms in total. The van der Waals surface area contributed by atoms with Gasteiger partial charge in [-0.25, -0.2) is 0 Å². The Morgan fingerprint density at radius 1 is 1.10 bits per heavy atom. The molecule has 0 N–H and O–H groups in total. The van der Waals surface area contributed by atoms with Gasteiger partial charge in [-0.3, -0.25) is 0 Å². The highest BCUT2D eigenvalue weighted by atomic mass is 79.9. The van der Waals surface area contributed by atoms with Crippen LogP contribution in [0.3, 0.4) is 0 Å². The van der Waals surface area contributed by atoms with Crippen molar-refractivity contribution in [2.24, 2.45) is 0 Å². The van der Waals surface area contributed by atoms with Crippen molar-refractivity contribution in [3.63, 3.8) is 0 Å². The van der Waals surface area contributed by atoms with Gasteiger partial charge in [-0.15, -0.1) is 0 Å². The van der Waals surface area contributed by atoms with Crippen LogP contribution in [0.4, 0.5) is 0 Å². The Kier molecular flexibility index (Phi) is 4.02. The van der Waals surface area contributed by atoms with Crippen LogP contribution in [-0.4, -0.2) is 14.2 Å². The Morgan fingerprint density at radius 2 is 1.81 bits per heavy atom. The van der Waals surface area contributed by atoms with Crippen LogP contribution in [0.1, 0.15) is 23.7 Å². The lowest BCUT2D eigenvalue weighted by molar-refractivity contribution is -0.206. The van der Waals surface area contributed by atoms with Crippen LogP contribution in [0.15, 0.2) is 53.0 Å². The van der Waals surface area contributed by atoms with Crippen LogP contribution in [0.25, 0.3) is 0 Å². The molecule has 2 aromatic rings. The third kappa shape index (κ3) is 2.59. The van der Waals surface area contributed by atoms with E-state index in [2.05, 4.69) is 15.9 Å². The largest absolute Gasteiger partial charge is 0.458 e. The number of para-hydroxylation sites is 1. The smallest absolute Gasteiger partial charge is 0.239 e. The van der Waals surface area contributed by atoms with Gasteiger partial charge in [-0.2, -0.15) is 0 Å². The van der Waals surface area contributed by atoms with E-state index in [1.54, 1.807) is 14.2 Å². The van der Waals surface area contributed by atoms with Gasteiger partial charge in [0.2, 0.25) is 5.79 Å². The van der Waals surface area contributed by atoms with Crippen LogP contribution < -0.4 is 4.74 Å². The van der Waals surface area contributed by atoms with E-state index in [0.717, 1.165) is 21.3 Å². The fourth-order valence-corrected chi connectivity index (χ4v) is 3.01. The molecule has 2 unspecified atom stereocenters. The second-order valence-corrected chi connectivity index (χ2v) is 5.95. The van der Waals surface area contributed by atoms with Crippen LogP contribution in [0.5, 0.6) is 5.75 Å². The summed E-state index contributed by atoms with van der Waals surface area (Å²) in [6.07, 6.45) is 0.553. The van der Waals surface area contributed by atoms with Crippen LogP contribution >= 0.6 is 15.9 Å². The summed E-state index contributed by atoms with van der Waals surface area (Å²) < 4.78 is 18.7. The third-order valence-electron chi connectivity index (χ3n) is 3.89. The highest BCUT2D eigenvalue weighted by Gasteiger charge is 2.43. The zero-order chi connectivity index (χ0) is 14.9. The van der Waals surface area contributed by atoms with Gasteiger partial charge in [0, 0.05) is 36.2 Å². The van der Waals surface area contributed by atoms with E-state index in [0.29, 0.717) is 6.42 Å². The molecule has 0 aromatic heterocycles. The number of halogens is 1. The predicted molar refractivity (Wildman–Crippen MR) is 84.3 cm³/mol. The van der Waals surface area contributed by atoms with Crippen molar-refractivity contribution in [2.45, 2.75) is 18.3 Å². The number of hydrogen-bond donors (Lipinski definition) is 0. The molecule has 0 saturated carbocycles. The summed E-state index contributed by atoms with van der Waals surface area (Å²) in [6.45, 7) is 0. The second kappa shape index (κ2) is 5.79. The van der Waals surface area contributed by atoms with E-state index >= 15 is 0 Å². The minimum Gasteiger partial charge on any atom is -0.458 e. The Bertz CT molecular complexity index is 626. The van der Waals surface area contributed by atoms with Gasteiger partial charge >= 0.3 is 0 Å². The van der Waals surface area contributed by atoms with E-state index in [-0.39, 0.29) is 6.10 Å². The maximum absolute atomic E-state index is 6.21. The maximum atomic E-state index is 6.21. The van der Waals surface area contributed by atoms with Crippen molar-refractivity contribution < 1.29 is 14.2 Å². The first-order valence-electron chi connectivity index (χ1n) is 6.80. The minimum atomic E-state index is -0.824. The molecule has 0 amide bonds. The lowest BCUT2D eigenvalue weighted by Crippen LogP contribution is -2.40. The molecule has 0 aliphatic carbocycles. The summed E-state index contributed by atoms with van der Waals surface area (Å²) in [7, 11) is 3.39. The van der Waals surface area contributed by atoms with Crippen molar-refractivity contribution in [1.82, 2.24) is 0 Å². The van der Waals surface area contributed by atoms with Crippen molar-refractivity contribution in [3.05, 3.63) is 64.1 Å². The molecule has 0 radical (unpaired) electrons. The fraction of sp³-hybridized carbons (Fsp3) is 0.294. The molecule has 2 aromatic carbocycles. The SMILES string of the molecule is COC1CC(OC)(c2ccc(Br)cc2)Oc2ccccc21. The number of methoxy groups -OCH3 is 2. The normalized spacial score (nSPS) is 24.2. The van der Waals surface area contributed by atoms with Gasteiger partial charge in [-0.05, 0) is 18.2 Å². The van der Waals surface area contributed by atoms with Crippen molar-refractivity contribution >= 4 is 15.9 Å². The predicted octanol–water partition coefficient (Wildman–Crippen LogP) is 4.42. The second-order valence-electron chi connectivity index (χ2n) is 5.03. The van der Waals surface area contributed by atoms with Gasteiger partial charge in [0.05, 0.1) is 6.10 Å². The molecule has 1 aliphatic heterocycles. The number of fused-ring (bicyclic) bond motifs is 1. The summed E-state index contributed by atoms with van der Waals surface area (Å²) in [4.78, 5) is 0. The van der Waals surface area contributed by atoms with Crippen molar-refractivity contribution in [3.8, 4) is 5.75 Å². The minimum absolute atomic E-state index is 0.0569. The first-order chi connectivity index (χ1) is 10.2. The van der Waals surface area contributed by atoms with Crippen LogP contribution in [-0.2, 0) is 15.3 Å². The Balaban J connectivity index is 2.06. The van der Waals surface area contributed by atoms with Gasteiger partial charge in [0.25, 0.3) is 0 Å². The molecule has 0 bridgehead atoms.